The first-order valence-electron chi connectivity index (χ1n) is 10.7. The lowest BCUT2D eigenvalue weighted by Gasteiger charge is -2.17. The van der Waals surface area contributed by atoms with Crippen molar-refractivity contribution in [1.82, 2.24) is 9.97 Å². The lowest BCUT2D eigenvalue weighted by molar-refractivity contribution is -0.139. The number of carbonyl (C=O) groups is 1. The number of halogens is 1. The van der Waals surface area contributed by atoms with Crippen LogP contribution in [0.25, 0.3) is 28.7 Å². The highest BCUT2D eigenvalue weighted by molar-refractivity contribution is 6.30. The Hall–Kier alpha value is -3.06. The van der Waals surface area contributed by atoms with Crippen molar-refractivity contribution < 1.29 is 20.1 Å². The Balaban J connectivity index is 2.08. The van der Waals surface area contributed by atoms with Crippen LogP contribution in [0.1, 0.15) is 43.9 Å². The number of aromatic nitrogens is 2. The summed E-state index contributed by atoms with van der Waals surface area (Å²) in [6.45, 7) is 4.07. The molecule has 0 aliphatic heterocycles. The van der Waals surface area contributed by atoms with Crippen molar-refractivity contribution in [3.05, 3.63) is 77.0 Å². The Morgan fingerprint density at radius 2 is 1.67 bits per heavy atom. The second kappa shape index (κ2) is 11.2. The van der Waals surface area contributed by atoms with Gasteiger partial charge >= 0.3 is 5.97 Å². The van der Waals surface area contributed by atoms with Crippen LogP contribution in [-0.4, -0.2) is 43.5 Å². The van der Waals surface area contributed by atoms with Gasteiger partial charge in [-0.15, -0.1) is 0 Å². The number of rotatable bonds is 9. The Bertz CT molecular complexity index is 1120. The summed E-state index contributed by atoms with van der Waals surface area (Å²) in [4.78, 5) is 20.5. The molecule has 2 aromatic carbocycles. The zero-order chi connectivity index (χ0) is 24.0. The third-order valence-corrected chi connectivity index (χ3v) is 5.33. The average molecular weight is 467 g/mol. The summed E-state index contributed by atoms with van der Waals surface area (Å²) in [7, 11) is 0. The molecule has 0 bridgehead atoms. The van der Waals surface area contributed by atoms with Crippen LogP contribution in [0.3, 0.4) is 0 Å². The van der Waals surface area contributed by atoms with Gasteiger partial charge in [-0.25, -0.2) is 9.97 Å². The Morgan fingerprint density at radius 1 is 1.00 bits per heavy atom. The third-order valence-electron chi connectivity index (χ3n) is 5.08. The number of hydrogen-bond donors (Lipinski definition) is 3. The lowest BCUT2D eigenvalue weighted by atomic mass is 9.96. The van der Waals surface area contributed by atoms with E-state index in [1.807, 2.05) is 56.3 Å². The van der Waals surface area contributed by atoms with Gasteiger partial charge in [0.2, 0.25) is 0 Å². The first-order chi connectivity index (χ1) is 15.7. The molecular formula is C26H27ClN2O4. The molecule has 3 N–H and O–H groups in total. The number of aliphatic hydroxyl groups is 2. The molecule has 6 nitrogen and oxygen atoms in total. The van der Waals surface area contributed by atoms with Crippen LogP contribution in [0.15, 0.2) is 60.7 Å². The fourth-order valence-corrected chi connectivity index (χ4v) is 3.61. The van der Waals surface area contributed by atoms with Gasteiger partial charge in [-0.05, 0) is 18.1 Å². The molecule has 2 atom stereocenters. The molecule has 0 amide bonds. The maximum absolute atomic E-state index is 10.8. The van der Waals surface area contributed by atoms with Crippen LogP contribution in [0, 0.1) is 0 Å². The van der Waals surface area contributed by atoms with Gasteiger partial charge < -0.3 is 15.3 Å². The molecule has 0 saturated carbocycles. The van der Waals surface area contributed by atoms with E-state index in [-0.39, 0.29) is 12.3 Å². The quantitative estimate of drug-likeness (QED) is 0.401. The van der Waals surface area contributed by atoms with Crippen LogP contribution in [-0.2, 0) is 4.79 Å². The summed E-state index contributed by atoms with van der Waals surface area (Å²) >= 11 is 6.09. The number of aliphatic carboxylic acids is 1. The van der Waals surface area contributed by atoms with Gasteiger partial charge in [-0.1, -0.05) is 80.1 Å². The van der Waals surface area contributed by atoms with Gasteiger partial charge in [-0.3, -0.25) is 4.79 Å². The van der Waals surface area contributed by atoms with Crippen molar-refractivity contribution in [3.63, 3.8) is 0 Å². The molecule has 1 aromatic heterocycles. The summed E-state index contributed by atoms with van der Waals surface area (Å²) in [6.07, 6.45) is 0.612. The van der Waals surface area contributed by atoms with Crippen LogP contribution < -0.4 is 0 Å². The lowest BCUT2D eigenvalue weighted by Crippen LogP contribution is -2.19. The number of carboxylic acid groups (broad SMARTS) is 1. The summed E-state index contributed by atoms with van der Waals surface area (Å²) < 4.78 is 0. The van der Waals surface area contributed by atoms with E-state index < -0.39 is 24.6 Å². The molecule has 0 spiro atoms. The maximum atomic E-state index is 10.8. The van der Waals surface area contributed by atoms with Crippen molar-refractivity contribution in [2.24, 2.45) is 0 Å². The monoisotopic (exact) mass is 466 g/mol. The number of nitrogens with zero attached hydrogens (tertiary/aromatic N) is 2. The number of hydrogen-bond acceptors (Lipinski definition) is 5. The molecule has 3 aromatic rings. The highest BCUT2D eigenvalue weighted by Gasteiger charge is 2.19. The molecule has 2 unspecified atom stereocenters. The van der Waals surface area contributed by atoms with Crippen LogP contribution in [0.4, 0.5) is 0 Å². The molecule has 0 saturated heterocycles. The second-order valence-electron chi connectivity index (χ2n) is 8.14. The normalized spacial score (nSPS) is 13.4. The SMILES string of the molecule is CC(C)c1nc(-c2ccccc2)nc(-c2ccc(Cl)cc2)c1/C=C/C(O)CC(O)CC(=O)O. The van der Waals surface area contributed by atoms with Crippen molar-refractivity contribution >= 4 is 23.6 Å². The van der Waals surface area contributed by atoms with E-state index in [4.69, 9.17) is 26.7 Å². The topological polar surface area (TPSA) is 104 Å². The molecule has 172 valence electrons. The molecular weight excluding hydrogens is 440 g/mol. The molecule has 3 rings (SSSR count). The summed E-state index contributed by atoms with van der Waals surface area (Å²) in [6, 6.07) is 17.1. The van der Waals surface area contributed by atoms with Crippen LogP contribution in [0.5, 0.6) is 0 Å². The number of benzene rings is 2. The Morgan fingerprint density at radius 3 is 2.27 bits per heavy atom. The van der Waals surface area contributed by atoms with Crippen molar-refractivity contribution in [2.75, 3.05) is 0 Å². The van der Waals surface area contributed by atoms with Gasteiger partial charge in [0.1, 0.15) is 0 Å². The third kappa shape index (κ3) is 6.71. The predicted octanol–water partition coefficient (Wildman–Crippen LogP) is 5.19. The highest BCUT2D eigenvalue weighted by atomic mass is 35.5. The smallest absolute Gasteiger partial charge is 0.305 e. The van der Waals surface area contributed by atoms with Crippen LogP contribution >= 0.6 is 11.6 Å². The molecule has 7 heteroatoms. The first kappa shape index (κ1) is 24.6. The summed E-state index contributed by atoms with van der Waals surface area (Å²) in [5.74, 6) is -0.453. The molecule has 0 fully saturated rings. The zero-order valence-corrected chi connectivity index (χ0v) is 19.3. The van der Waals surface area contributed by atoms with Crippen molar-refractivity contribution in [2.45, 2.75) is 44.8 Å². The maximum Gasteiger partial charge on any atom is 0.305 e. The Labute approximate surface area is 198 Å². The van der Waals surface area contributed by atoms with E-state index in [0.29, 0.717) is 16.5 Å². The molecule has 0 aliphatic rings. The first-order valence-corrected chi connectivity index (χ1v) is 11.1. The van der Waals surface area contributed by atoms with Gasteiger partial charge in [0, 0.05) is 28.1 Å². The number of aliphatic hydroxyl groups excluding tert-OH is 2. The highest BCUT2D eigenvalue weighted by Crippen LogP contribution is 2.32. The van der Waals surface area contributed by atoms with E-state index in [1.165, 1.54) is 6.08 Å². The fraction of sp³-hybridized carbons (Fsp3) is 0.269. The van der Waals surface area contributed by atoms with E-state index >= 15 is 0 Å². The van der Waals surface area contributed by atoms with E-state index in [9.17, 15) is 15.0 Å². The summed E-state index contributed by atoms with van der Waals surface area (Å²) in [5, 5.41) is 29.6. The minimum Gasteiger partial charge on any atom is -0.481 e. The van der Waals surface area contributed by atoms with Gasteiger partial charge in [0.05, 0.1) is 30.0 Å². The zero-order valence-electron chi connectivity index (χ0n) is 18.5. The Kier molecular flexibility index (Phi) is 8.33. The number of carboxylic acids is 1. The molecule has 0 radical (unpaired) electrons. The largest absolute Gasteiger partial charge is 0.481 e. The van der Waals surface area contributed by atoms with Crippen LogP contribution in [0.2, 0.25) is 5.02 Å². The van der Waals surface area contributed by atoms with E-state index in [1.54, 1.807) is 18.2 Å². The average Bonchev–Trinajstić information content (AvgIpc) is 2.77. The van der Waals surface area contributed by atoms with E-state index in [0.717, 1.165) is 22.4 Å². The van der Waals surface area contributed by atoms with Gasteiger partial charge in [-0.2, -0.15) is 0 Å². The molecule has 33 heavy (non-hydrogen) atoms. The molecule has 0 aliphatic carbocycles. The predicted molar refractivity (Wildman–Crippen MR) is 130 cm³/mol. The molecule has 1 heterocycles. The van der Waals surface area contributed by atoms with Gasteiger partial charge in [0.15, 0.2) is 5.82 Å². The summed E-state index contributed by atoms with van der Waals surface area (Å²) in [5.41, 5.74) is 3.99. The van der Waals surface area contributed by atoms with Crippen molar-refractivity contribution in [1.29, 1.82) is 0 Å². The van der Waals surface area contributed by atoms with Crippen molar-refractivity contribution in [3.8, 4) is 22.6 Å². The minimum atomic E-state index is -1.14. The van der Waals surface area contributed by atoms with E-state index in [2.05, 4.69) is 0 Å². The fourth-order valence-electron chi connectivity index (χ4n) is 3.48. The second-order valence-corrected chi connectivity index (χ2v) is 8.57. The van der Waals surface area contributed by atoms with Gasteiger partial charge in [0.25, 0.3) is 0 Å². The minimum absolute atomic E-state index is 0.0657. The standard InChI is InChI=1S/C26H27ClN2O4/c1-16(2)24-22(13-12-20(30)14-21(31)15-23(32)33)25(17-8-10-19(27)11-9-17)29-26(28-24)18-6-4-3-5-7-18/h3-13,16,20-21,30-31H,14-15H2,1-2H3,(H,32,33)/b13-12+.